The molecule has 0 atom stereocenters. The van der Waals surface area contributed by atoms with E-state index in [0.29, 0.717) is 11.4 Å². The van der Waals surface area contributed by atoms with Crippen molar-refractivity contribution in [2.24, 2.45) is 0 Å². The van der Waals surface area contributed by atoms with Crippen LogP contribution in [0, 0.1) is 0 Å². The first-order chi connectivity index (χ1) is 10.4. The highest BCUT2D eigenvalue weighted by atomic mass is 35.5. The van der Waals surface area contributed by atoms with Gasteiger partial charge in [-0.15, -0.1) is 0 Å². The van der Waals surface area contributed by atoms with Crippen LogP contribution in [0.4, 0.5) is 5.13 Å². The Hall–Kier alpha value is -1.66. The summed E-state index contributed by atoms with van der Waals surface area (Å²) in [6.45, 7) is 4.15. The molecule has 1 N–H and O–H groups in total. The Morgan fingerprint density at radius 3 is 2.68 bits per heavy atom. The molecule has 0 aliphatic heterocycles. The van der Waals surface area contributed by atoms with Crippen LogP contribution in [0.1, 0.15) is 25.2 Å². The van der Waals surface area contributed by atoms with Gasteiger partial charge in [0.15, 0.2) is 0 Å². The van der Waals surface area contributed by atoms with Crippen molar-refractivity contribution in [1.82, 2.24) is 14.7 Å². The first-order valence-corrected chi connectivity index (χ1v) is 8.16. The zero-order valence-corrected chi connectivity index (χ0v) is 14.4. The lowest BCUT2D eigenvalue weighted by atomic mass is 10.1. The third-order valence-corrected chi connectivity index (χ3v) is 4.01. The van der Waals surface area contributed by atoms with E-state index < -0.39 is 0 Å². The SMILES string of the molecule is CC(C)NC(=O)CN(C)c1nc(Cc2ccc(Cl)cc2)ns1. The van der Waals surface area contributed by atoms with Gasteiger partial charge in [0.05, 0.1) is 6.54 Å². The fraction of sp³-hybridized carbons (Fsp3) is 0.400. The van der Waals surface area contributed by atoms with Crippen LogP contribution >= 0.6 is 23.1 Å². The molecule has 1 aromatic carbocycles. The van der Waals surface area contributed by atoms with Crippen molar-refractivity contribution in [1.29, 1.82) is 0 Å². The maximum absolute atomic E-state index is 11.8. The molecule has 0 aliphatic carbocycles. The highest BCUT2D eigenvalue weighted by Gasteiger charge is 2.13. The average molecular weight is 339 g/mol. The molecule has 7 heteroatoms. The molecule has 0 unspecified atom stereocenters. The minimum atomic E-state index is -0.0213. The molecular weight excluding hydrogens is 320 g/mol. The lowest BCUT2D eigenvalue weighted by molar-refractivity contribution is -0.120. The largest absolute Gasteiger partial charge is 0.352 e. The molecule has 0 saturated carbocycles. The Labute approximate surface area is 139 Å². The van der Waals surface area contributed by atoms with E-state index >= 15 is 0 Å². The number of hydrogen-bond donors (Lipinski definition) is 1. The number of carbonyl (C=O) groups excluding carboxylic acids is 1. The molecule has 0 aliphatic rings. The van der Waals surface area contributed by atoms with Crippen LogP contribution < -0.4 is 10.2 Å². The molecular formula is C15H19ClN4OS. The quantitative estimate of drug-likeness (QED) is 0.879. The van der Waals surface area contributed by atoms with E-state index in [9.17, 15) is 4.79 Å². The van der Waals surface area contributed by atoms with Crippen molar-refractivity contribution in [3.63, 3.8) is 0 Å². The van der Waals surface area contributed by atoms with Gasteiger partial charge >= 0.3 is 0 Å². The summed E-state index contributed by atoms with van der Waals surface area (Å²) >= 11 is 7.17. The minimum absolute atomic E-state index is 0.0213. The summed E-state index contributed by atoms with van der Waals surface area (Å²) in [5.74, 6) is 0.727. The molecule has 0 saturated heterocycles. The third kappa shape index (κ3) is 4.96. The van der Waals surface area contributed by atoms with Gasteiger partial charge in [0.25, 0.3) is 0 Å². The Morgan fingerprint density at radius 2 is 2.05 bits per heavy atom. The number of anilines is 1. The number of amides is 1. The molecule has 2 rings (SSSR count). The normalized spacial score (nSPS) is 10.8. The predicted molar refractivity (Wildman–Crippen MR) is 90.7 cm³/mol. The van der Waals surface area contributed by atoms with E-state index in [4.69, 9.17) is 11.6 Å². The summed E-state index contributed by atoms with van der Waals surface area (Å²) in [7, 11) is 1.84. The molecule has 5 nitrogen and oxygen atoms in total. The summed E-state index contributed by atoms with van der Waals surface area (Å²) < 4.78 is 4.35. The molecule has 1 amide bonds. The van der Waals surface area contributed by atoms with Crippen LogP contribution in [0.25, 0.3) is 0 Å². The topological polar surface area (TPSA) is 58.1 Å². The van der Waals surface area contributed by atoms with Gasteiger partial charge in [-0.3, -0.25) is 4.79 Å². The van der Waals surface area contributed by atoms with Gasteiger partial charge in [0.1, 0.15) is 5.82 Å². The number of likely N-dealkylation sites (N-methyl/N-ethyl adjacent to an activating group) is 1. The highest BCUT2D eigenvalue weighted by Crippen LogP contribution is 2.18. The van der Waals surface area contributed by atoms with E-state index in [1.807, 2.05) is 45.2 Å². The molecule has 2 aromatic rings. The minimum Gasteiger partial charge on any atom is -0.352 e. The van der Waals surface area contributed by atoms with Gasteiger partial charge in [0, 0.05) is 36.1 Å². The van der Waals surface area contributed by atoms with E-state index in [1.165, 1.54) is 11.5 Å². The van der Waals surface area contributed by atoms with Crippen molar-refractivity contribution >= 4 is 34.2 Å². The van der Waals surface area contributed by atoms with Crippen LogP contribution in [0.15, 0.2) is 24.3 Å². The van der Waals surface area contributed by atoms with Crippen LogP contribution in [0.5, 0.6) is 0 Å². The second-order valence-corrected chi connectivity index (χ2v) is 6.54. The van der Waals surface area contributed by atoms with Gasteiger partial charge in [-0.25, -0.2) is 4.98 Å². The van der Waals surface area contributed by atoms with E-state index in [0.717, 1.165) is 16.5 Å². The smallest absolute Gasteiger partial charge is 0.239 e. The highest BCUT2D eigenvalue weighted by molar-refractivity contribution is 7.09. The Bertz CT molecular complexity index is 627. The Kier molecular flexibility index (Phi) is 5.74. The number of hydrogen-bond acceptors (Lipinski definition) is 5. The maximum atomic E-state index is 11.8. The molecule has 0 spiro atoms. The Morgan fingerprint density at radius 1 is 1.36 bits per heavy atom. The zero-order chi connectivity index (χ0) is 16.1. The predicted octanol–water partition coefficient (Wildman–Crippen LogP) is 2.74. The van der Waals surface area contributed by atoms with E-state index in [-0.39, 0.29) is 18.5 Å². The summed E-state index contributed by atoms with van der Waals surface area (Å²) in [4.78, 5) is 18.0. The zero-order valence-electron chi connectivity index (χ0n) is 12.8. The molecule has 118 valence electrons. The van der Waals surface area contributed by atoms with E-state index in [1.54, 1.807) is 4.90 Å². The van der Waals surface area contributed by atoms with Crippen molar-refractivity contribution < 1.29 is 4.79 Å². The molecule has 0 bridgehead atoms. The number of carbonyl (C=O) groups is 1. The molecule has 22 heavy (non-hydrogen) atoms. The van der Waals surface area contributed by atoms with Crippen molar-refractivity contribution in [2.75, 3.05) is 18.5 Å². The van der Waals surface area contributed by atoms with Gasteiger partial charge in [0.2, 0.25) is 11.0 Å². The van der Waals surface area contributed by atoms with Crippen LogP contribution in [0.2, 0.25) is 5.02 Å². The lowest BCUT2D eigenvalue weighted by Gasteiger charge is -2.15. The fourth-order valence-electron chi connectivity index (χ4n) is 1.91. The van der Waals surface area contributed by atoms with Crippen LogP contribution in [-0.4, -0.2) is 34.9 Å². The molecule has 0 radical (unpaired) electrons. The van der Waals surface area contributed by atoms with Gasteiger partial charge in [-0.1, -0.05) is 23.7 Å². The van der Waals surface area contributed by atoms with Crippen LogP contribution in [-0.2, 0) is 11.2 Å². The van der Waals surface area contributed by atoms with Gasteiger partial charge < -0.3 is 10.2 Å². The summed E-state index contributed by atoms with van der Waals surface area (Å²) in [6.07, 6.45) is 0.652. The summed E-state index contributed by atoms with van der Waals surface area (Å²) in [6, 6.07) is 7.76. The standard InChI is InChI=1S/C15H19ClN4OS/c1-10(2)17-14(21)9-20(3)15-18-13(19-22-15)8-11-4-6-12(16)7-5-11/h4-7,10H,8-9H2,1-3H3,(H,17,21). The monoisotopic (exact) mass is 338 g/mol. The number of nitrogens with one attached hydrogen (secondary N) is 1. The number of aromatic nitrogens is 2. The van der Waals surface area contributed by atoms with Gasteiger partial charge in [-0.2, -0.15) is 4.37 Å². The molecule has 1 aromatic heterocycles. The van der Waals surface area contributed by atoms with Crippen LogP contribution in [0.3, 0.4) is 0 Å². The fourth-order valence-corrected chi connectivity index (χ4v) is 2.68. The third-order valence-electron chi connectivity index (χ3n) is 2.89. The first-order valence-electron chi connectivity index (χ1n) is 7.01. The Balaban J connectivity index is 1.95. The lowest BCUT2D eigenvalue weighted by Crippen LogP contribution is -2.38. The average Bonchev–Trinajstić information content (AvgIpc) is 2.89. The summed E-state index contributed by atoms with van der Waals surface area (Å²) in [5.41, 5.74) is 1.11. The second kappa shape index (κ2) is 7.56. The van der Waals surface area contributed by atoms with Crippen molar-refractivity contribution in [2.45, 2.75) is 26.3 Å². The molecule has 0 fully saturated rings. The first kappa shape index (κ1) is 16.7. The summed E-state index contributed by atoms with van der Waals surface area (Å²) in [5, 5.41) is 4.31. The van der Waals surface area contributed by atoms with Crippen molar-refractivity contribution in [3.8, 4) is 0 Å². The maximum Gasteiger partial charge on any atom is 0.239 e. The molecule has 1 heterocycles. The van der Waals surface area contributed by atoms with E-state index in [2.05, 4.69) is 14.7 Å². The second-order valence-electron chi connectivity index (χ2n) is 5.37. The number of halogens is 1. The number of rotatable bonds is 6. The van der Waals surface area contributed by atoms with Crippen molar-refractivity contribution in [3.05, 3.63) is 40.7 Å². The number of benzene rings is 1. The number of nitrogens with zero attached hydrogens (tertiary/aromatic N) is 3. The van der Waals surface area contributed by atoms with Gasteiger partial charge in [-0.05, 0) is 31.5 Å².